The highest BCUT2D eigenvalue weighted by molar-refractivity contribution is 6.31. The molecular formula is C30H34ClN3O3. The molecule has 0 aliphatic carbocycles. The van der Waals surface area contributed by atoms with Crippen LogP contribution >= 0.6 is 11.6 Å². The average molecular weight is 520 g/mol. The van der Waals surface area contributed by atoms with Crippen molar-refractivity contribution in [1.82, 2.24) is 14.9 Å². The zero-order valence-electron chi connectivity index (χ0n) is 21.5. The van der Waals surface area contributed by atoms with Crippen molar-refractivity contribution < 1.29 is 14.3 Å². The van der Waals surface area contributed by atoms with Gasteiger partial charge in [0.1, 0.15) is 23.9 Å². The third kappa shape index (κ3) is 7.49. The number of methoxy groups -OCH3 is 1. The maximum absolute atomic E-state index is 12.2. The monoisotopic (exact) mass is 519 g/mol. The number of rotatable bonds is 13. The molecule has 0 unspecified atom stereocenters. The van der Waals surface area contributed by atoms with Crippen LogP contribution in [-0.2, 0) is 24.2 Å². The number of aromatic nitrogens is 2. The number of benzene rings is 3. The lowest BCUT2D eigenvalue weighted by Gasteiger charge is -2.12. The van der Waals surface area contributed by atoms with Crippen molar-refractivity contribution in [2.45, 2.75) is 45.6 Å². The van der Waals surface area contributed by atoms with Crippen LogP contribution < -0.4 is 14.8 Å². The number of amides is 1. The number of fused-ring (bicyclic) bond motifs is 1. The predicted octanol–water partition coefficient (Wildman–Crippen LogP) is 6.16. The van der Waals surface area contributed by atoms with Crippen molar-refractivity contribution in [3.63, 3.8) is 0 Å². The Kier molecular flexibility index (Phi) is 9.44. The van der Waals surface area contributed by atoms with Gasteiger partial charge in [-0.3, -0.25) is 4.79 Å². The highest BCUT2D eigenvalue weighted by Gasteiger charge is 2.11. The number of hydrogen-bond donors (Lipinski definition) is 1. The van der Waals surface area contributed by atoms with Crippen LogP contribution in [0.25, 0.3) is 11.0 Å². The van der Waals surface area contributed by atoms with Gasteiger partial charge in [0.05, 0.1) is 31.1 Å². The third-order valence-electron chi connectivity index (χ3n) is 6.37. The Bertz CT molecular complexity index is 1320. The van der Waals surface area contributed by atoms with E-state index in [1.54, 1.807) is 7.11 Å². The minimum atomic E-state index is 0.0443. The lowest BCUT2D eigenvalue weighted by molar-refractivity contribution is -0.120. The molecule has 37 heavy (non-hydrogen) atoms. The van der Waals surface area contributed by atoms with Crippen LogP contribution in [-0.4, -0.2) is 35.7 Å². The minimum Gasteiger partial charge on any atom is -0.497 e. The quantitative estimate of drug-likeness (QED) is 0.215. The fraction of sp³-hybridized carbons (Fsp3) is 0.333. The average Bonchev–Trinajstić information content (AvgIpc) is 3.26. The first-order valence-corrected chi connectivity index (χ1v) is 13.1. The summed E-state index contributed by atoms with van der Waals surface area (Å²) in [5.41, 5.74) is 4.11. The normalized spacial score (nSPS) is 11.0. The van der Waals surface area contributed by atoms with E-state index in [2.05, 4.69) is 22.0 Å². The largest absolute Gasteiger partial charge is 0.497 e. The van der Waals surface area contributed by atoms with Gasteiger partial charge in [-0.1, -0.05) is 42.3 Å². The van der Waals surface area contributed by atoms with Gasteiger partial charge in [0.2, 0.25) is 5.91 Å². The first-order chi connectivity index (χ1) is 18.0. The van der Waals surface area contributed by atoms with Gasteiger partial charge in [-0.05, 0) is 73.4 Å². The zero-order valence-corrected chi connectivity index (χ0v) is 22.3. The summed E-state index contributed by atoms with van der Waals surface area (Å²) < 4.78 is 13.4. The molecular weight excluding hydrogens is 486 g/mol. The van der Waals surface area contributed by atoms with E-state index in [0.29, 0.717) is 19.6 Å². The fourth-order valence-corrected chi connectivity index (χ4v) is 4.45. The second kappa shape index (κ2) is 13.2. The molecule has 1 amide bonds. The Labute approximate surface area is 223 Å². The molecule has 4 rings (SSSR count). The van der Waals surface area contributed by atoms with Crippen LogP contribution in [0.1, 0.15) is 36.2 Å². The molecule has 0 fully saturated rings. The first kappa shape index (κ1) is 26.6. The van der Waals surface area contributed by atoms with Crippen molar-refractivity contribution in [1.29, 1.82) is 0 Å². The van der Waals surface area contributed by atoms with Gasteiger partial charge in [0, 0.05) is 18.0 Å². The van der Waals surface area contributed by atoms with Crippen molar-refractivity contribution in [2.24, 2.45) is 0 Å². The van der Waals surface area contributed by atoms with Crippen molar-refractivity contribution in [3.05, 3.63) is 88.7 Å². The van der Waals surface area contributed by atoms with E-state index in [0.717, 1.165) is 76.7 Å². The number of para-hydroxylation sites is 2. The number of carbonyl (C=O) groups excluding carboxylic acids is 1. The highest BCUT2D eigenvalue weighted by atomic mass is 35.5. The fourth-order valence-electron chi connectivity index (χ4n) is 4.33. The second-order valence-electron chi connectivity index (χ2n) is 9.11. The summed E-state index contributed by atoms with van der Waals surface area (Å²) in [6, 6.07) is 21.6. The molecule has 0 aliphatic heterocycles. The number of aryl methyl sites for hydroxylation is 2. The molecule has 0 atom stereocenters. The zero-order chi connectivity index (χ0) is 26.0. The maximum Gasteiger partial charge on any atom is 0.224 e. The Balaban J connectivity index is 1.23. The SMILES string of the molecule is COc1ccc(CC(=O)NCCCCCc2nc3ccccc3n2CCOc2ccc(Cl)c(C)c2)cc1. The van der Waals surface area contributed by atoms with E-state index in [1.807, 2.05) is 61.5 Å². The molecule has 1 N–H and O–H groups in total. The smallest absolute Gasteiger partial charge is 0.224 e. The van der Waals surface area contributed by atoms with Gasteiger partial charge in [0.25, 0.3) is 0 Å². The van der Waals surface area contributed by atoms with Crippen molar-refractivity contribution in [2.75, 3.05) is 20.3 Å². The van der Waals surface area contributed by atoms with Gasteiger partial charge in [-0.15, -0.1) is 0 Å². The maximum atomic E-state index is 12.2. The van der Waals surface area contributed by atoms with Crippen LogP contribution in [0.3, 0.4) is 0 Å². The molecule has 0 bridgehead atoms. The van der Waals surface area contributed by atoms with Crippen LogP contribution in [0.4, 0.5) is 0 Å². The van der Waals surface area contributed by atoms with E-state index in [9.17, 15) is 4.79 Å². The standard InChI is InChI=1S/C30H34ClN3O3/c1-22-20-25(15-16-26(22)31)37-19-18-34-28-9-6-5-8-27(28)33-29(34)10-4-3-7-17-32-30(35)21-23-11-13-24(36-2)14-12-23/h5-6,8-9,11-16,20H,3-4,7,10,17-19,21H2,1-2H3,(H,32,35). The number of imidazole rings is 1. The molecule has 1 aromatic heterocycles. The summed E-state index contributed by atoms with van der Waals surface area (Å²) in [4.78, 5) is 17.1. The molecule has 0 saturated carbocycles. The molecule has 0 saturated heterocycles. The van der Waals surface area contributed by atoms with Crippen molar-refractivity contribution in [3.8, 4) is 11.5 Å². The molecule has 4 aromatic rings. The highest BCUT2D eigenvalue weighted by Crippen LogP contribution is 2.22. The number of unbranched alkanes of at least 4 members (excludes halogenated alkanes) is 2. The van der Waals surface area contributed by atoms with Crippen LogP contribution in [0.2, 0.25) is 5.02 Å². The molecule has 194 valence electrons. The summed E-state index contributed by atoms with van der Waals surface area (Å²) in [5, 5.41) is 3.77. The van der Waals surface area contributed by atoms with Crippen molar-refractivity contribution >= 4 is 28.5 Å². The van der Waals surface area contributed by atoms with Gasteiger partial charge in [-0.25, -0.2) is 4.98 Å². The summed E-state index contributed by atoms with van der Waals surface area (Å²) in [6.07, 6.45) is 4.23. The van der Waals surface area contributed by atoms with E-state index in [4.69, 9.17) is 26.1 Å². The molecule has 0 aliphatic rings. The van der Waals surface area contributed by atoms with Crippen LogP contribution in [0.5, 0.6) is 11.5 Å². The van der Waals surface area contributed by atoms with E-state index in [1.165, 1.54) is 0 Å². The lowest BCUT2D eigenvalue weighted by atomic mass is 10.1. The summed E-state index contributed by atoms with van der Waals surface area (Å²) >= 11 is 6.13. The Morgan fingerprint density at radius 1 is 1.00 bits per heavy atom. The van der Waals surface area contributed by atoms with Gasteiger partial charge in [-0.2, -0.15) is 0 Å². The molecule has 6 nitrogen and oxygen atoms in total. The number of carbonyl (C=O) groups is 1. The predicted molar refractivity (Wildman–Crippen MR) is 149 cm³/mol. The number of halogens is 1. The van der Waals surface area contributed by atoms with E-state index in [-0.39, 0.29) is 5.91 Å². The first-order valence-electron chi connectivity index (χ1n) is 12.8. The number of hydrogen-bond acceptors (Lipinski definition) is 4. The van der Waals surface area contributed by atoms with E-state index >= 15 is 0 Å². The molecule has 1 heterocycles. The number of nitrogens with zero attached hydrogens (tertiary/aromatic N) is 2. The third-order valence-corrected chi connectivity index (χ3v) is 6.79. The second-order valence-corrected chi connectivity index (χ2v) is 9.52. The summed E-state index contributed by atoms with van der Waals surface area (Å²) in [6.45, 7) is 3.93. The van der Waals surface area contributed by atoms with Gasteiger partial charge >= 0.3 is 0 Å². The van der Waals surface area contributed by atoms with Gasteiger partial charge in [0.15, 0.2) is 0 Å². The topological polar surface area (TPSA) is 65.4 Å². The molecule has 0 radical (unpaired) electrons. The van der Waals surface area contributed by atoms with Crippen LogP contribution in [0, 0.1) is 6.92 Å². The number of ether oxygens (including phenoxy) is 2. The number of nitrogens with one attached hydrogen (secondary N) is 1. The summed E-state index contributed by atoms with van der Waals surface area (Å²) in [5.74, 6) is 2.73. The minimum absolute atomic E-state index is 0.0443. The van der Waals surface area contributed by atoms with E-state index < -0.39 is 0 Å². The Morgan fingerprint density at radius 2 is 1.78 bits per heavy atom. The lowest BCUT2D eigenvalue weighted by Crippen LogP contribution is -2.26. The molecule has 7 heteroatoms. The Morgan fingerprint density at radius 3 is 2.57 bits per heavy atom. The van der Waals surface area contributed by atoms with Crippen LogP contribution in [0.15, 0.2) is 66.7 Å². The summed E-state index contributed by atoms with van der Waals surface area (Å²) in [7, 11) is 1.63. The Hall–Kier alpha value is -3.51. The molecule has 0 spiro atoms. The van der Waals surface area contributed by atoms with Gasteiger partial charge < -0.3 is 19.4 Å². The molecule has 3 aromatic carbocycles.